The molecule has 3 aromatic rings. The molecule has 3 N–H and O–H groups in total. The summed E-state index contributed by atoms with van der Waals surface area (Å²) in [7, 11) is 0. The minimum absolute atomic E-state index is 0.0914. The number of nitrogens with two attached hydrogens (primary N) is 1. The fourth-order valence-electron chi connectivity index (χ4n) is 2.44. The number of para-hydroxylation sites is 2. The van der Waals surface area contributed by atoms with Crippen LogP contribution in [0.15, 0.2) is 60.8 Å². The van der Waals surface area contributed by atoms with E-state index in [9.17, 15) is 4.79 Å². The van der Waals surface area contributed by atoms with Gasteiger partial charge in [0.25, 0.3) is 5.91 Å². The quantitative estimate of drug-likeness (QED) is 0.770. The number of aromatic nitrogens is 1. The van der Waals surface area contributed by atoms with Crippen LogP contribution in [0.2, 0.25) is 0 Å². The Labute approximate surface area is 123 Å². The van der Waals surface area contributed by atoms with Crippen LogP contribution in [-0.2, 0) is 0 Å². The zero-order valence-electron chi connectivity index (χ0n) is 11.6. The summed E-state index contributed by atoms with van der Waals surface area (Å²) >= 11 is 0. The lowest BCUT2D eigenvalue weighted by Gasteiger charge is -2.04. The zero-order chi connectivity index (χ0) is 14.7. The van der Waals surface area contributed by atoms with Crippen LogP contribution in [0.5, 0.6) is 0 Å². The first kappa shape index (κ1) is 13.4. The van der Waals surface area contributed by atoms with Crippen LogP contribution in [0.3, 0.4) is 0 Å². The van der Waals surface area contributed by atoms with Crippen LogP contribution in [0, 0.1) is 0 Å². The van der Waals surface area contributed by atoms with Gasteiger partial charge in [0.05, 0.1) is 11.1 Å². The fourth-order valence-corrected chi connectivity index (χ4v) is 2.44. The average Bonchev–Trinajstić information content (AvgIpc) is 2.93. The molecule has 0 saturated carbocycles. The summed E-state index contributed by atoms with van der Waals surface area (Å²) in [6.45, 7) is 0.909. The predicted molar refractivity (Wildman–Crippen MR) is 84.7 cm³/mol. The van der Waals surface area contributed by atoms with Gasteiger partial charge in [0.1, 0.15) is 0 Å². The molecule has 0 saturated heterocycles. The smallest absolute Gasteiger partial charge is 0.253 e. The molecule has 0 atom stereocenters. The van der Waals surface area contributed by atoms with Gasteiger partial charge in [0.15, 0.2) is 0 Å². The third kappa shape index (κ3) is 2.53. The number of carbonyl (C=O) groups is 1. The van der Waals surface area contributed by atoms with Gasteiger partial charge in [-0.15, -0.1) is 0 Å². The van der Waals surface area contributed by atoms with Gasteiger partial charge in [0.2, 0.25) is 0 Å². The lowest BCUT2D eigenvalue weighted by atomic mass is 10.1. The van der Waals surface area contributed by atoms with Crippen LogP contribution < -0.4 is 11.1 Å². The van der Waals surface area contributed by atoms with E-state index in [-0.39, 0.29) is 5.91 Å². The Morgan fingerprint density at radius 3 is 2.52 bits per heavy atom. The topological polar surface area (TPSA) is 60.0 Å². The van der Waals surface area contributed by atoms with Crippen molar-refractivity contribution in [1.82, 2.24) is 9.88 Å². The Kier molecular flexibility index (Phi) is 3.71. The molecule has 1 aromatic heterocycles. The van der Waals surface area contributed by atoms with E-state index in [1.54, 1.807) is 0 Å². The summed E-state index contributed by atoms with van der Waals surface area (Å²) in [5.74, 6) is -0.0914. The molecule has 106 valence electrons. The van der Waals surface area contributed by atoms with Gasteiger partial charge in [-0.25, -0.2) is 0 Å². The van der Waals surface area contributed by atoms with Crippen molar-refractivity contribution in [3.8, 4) is 5.69 Å². The van der Waals surface area contributed by atoms with Crippen molar-refractivity contribution in [1.29, 1.82) is 0 Å². The number of hydrogen-bond donors (Lipinski definition) is 2. The molecule has 0 fully saturated rings. The monoisotopic (exact) mass is 279 g/mol. The summed E-state index contributed by atoms with van der Waals surface area (Å²) in [5, 5.41) is 3.77. The Bertz CT molecular complexity index is 762. The van der Waals surface area contributed by atoms with E-state index in [1.165, 1.54) is 0 Å². The maximum Gasteiger partial charge on any atom is 0.253 e. The van der Waals surface area contributed by atoms with Crippen LogP contribution in [0.4, 0.5) is 0 Å². The Hall–Kier alpha value is -2.59. The third-order valence-electron chi connectivity index (χ3n) is 3.42. The molecular weight excluding hydrogens is 262 g/mol. The standard InChI is InChI=1S/C17H17N3O/c18-10-11-19-17(21)15-12-20(13-6-2-1-3-7-13)16-9-5-4-8-14(15)16/h1-9,12H,10-11,18H2,(H,19,21). The first-order chi connectivity index (χ1) is 10.3. The summed E-state index contributed by atoms with van der Waals surface area (Å²) in [5.41, 5.74) is 8.16. The first-order valence-corrected chi connectivity index (χ1v) is 6.95. The number of rotatable bonds is 4. The van der Waals surface area contributed by atoms with Crippen molar-refractivity contribution in [2.75, 3.05) is 13.1 Å². The third-order valence-corrected chi connectivity index (χ3v) is 3.42. The van der Waals surface area contributed by atoms with Gasteiger partial charge in [-0.05, 0) is 18.2 Å². The van der Waals surface area contributed by atoms with E-state index < -0.39 is 0 Å². The lowest BCUT2D eigenvalue weighted by molar-refractivity contribution is 0.0956. The van der Waals surface area contributed by atoms with E-state index >= 15 is 0 Å². The van der Waals surface area contributed by atoms with Gasteiger partial charge in [-0.2, -0.15) is 0 Å². The van der Waals surface area contributed by atoms with E-state index in [0.29, 0.717) is 18.7 Å². The van der Waals surface area contributed by atoms with E-state index in [4.69, 9.17) is 5.73 Å². The molecule has 0 unspecified atom stereocenters. The highest BCUT2D eigenvalue weighted by atomic mass is 16.1. The van der Waals surface area contributed by atoms with Crippen molar-refractivity contribution in [2.45, 2.75) is 0 Å². The normalized spacial score (nSPS) is 10.7. The average molecular weight is 279 g/mol. The fraction of sp³-hybridized carbons (Fsp3) is 0.118. The number of nitrogens with one attached hydrogen (secondary N) is 1. The largest absolute Gasteiger partial charge is 0.351 e. The molecule has 0 radical (unpaired) electrons. The number of amides is 1. The molecule has 0 aliphatic rings. The SMILES string of the molecule is NCCNC(=O)c1cn(-c2ccccc2)c2ccccc12. The molecule has 0 aliphatic carbocycles. The molecular formula is C17H17N3O. The van der Waals surface area contributed by atoms with Crippen molar-refractivity contribution >= 4 is 16.8 Å². The van der Waals surface area contributed by atoms with Crippen LogP contribution in [0.1, 0.15) is 10.4 Å². The van der Waals surface area contributed by atoms with Gasteiger partial charge >= 0.3 is 0 Å². The Morgan fingerprint density at radius 2 is 1.76 bits per heavy atom. The van der Waals surface area contributed by atoms with Gasteiger partial charge in [-0.1, -0.05) is 36.4 Å². The minimum atomic E-state index is -0.0914. The molecule has 0 aliphatic heterocycles. The second-order valence-corrected chi connectivity index (χ2v) is 4.81. The molecule has 3 rings (SSSR count). The maximum atomic E-state index is 12.3. The molecule has 0 bridgehead atoms. The zero-order valence-corrected chi connectivity index (χ0v) is 11.6. The Morgan fingerprint density at radius 1 is 1.05 bits per heavy atom. The van der Waals surface area contributed by atoms with Crippen molar-refractivity contribution in [2.24, 2.45) is 5.73 Å². The Balaban J connectivity index is 2.13. The molecule has 0 spiro atoms. The highest BCUT2D eigenvalue weighted by Crippen LogP contribution is 2.24. The van der Waals surface area contributed by atoms with Crippen LogP contribution in [0.25, 0.3) is 16.6 Å². The van der Waals surface area contributed by atoms with Gasteiger partial charge < -0.3 is 15.6 Å². The maximum absolute atomic E-state index is 12.3. The van der Waals surface area contributed by atoms with E-state index in [1.807, 2.05) is 65.4 Å². The summed E-state index contributed by atoms with van der Waals surface area (Å²) in [6, 6.07) is 17.9. The van der Waals surface area contributed by atoms with Crippen molar-refractivity contribution in [3.63, 3.8) is 0 Å². The highest BCUT2D eigenvalue weighted by Gasteiger charge is 2.14. The number of nitrogens with zero attached hydrogens (tertiary/aromatic N) is 1. The second-order valence-electron chi connectivity index (χ2n) is 4.81. The summed E-state index contributed by atoms with van der Waals surface area (Å²) < 4.78 is 2.03. The second kappa shape index (κ2) is 5.81. The predicted octanol–water partition coefficient (Wildman–Crippen LogP) is 2.32. The van der Waals surface area contributed by atoms with Crippen LogP contribution in [-0.4, -0.2) is 23.6 Å². The molecule has 2 aromatic carbocycles. The lowest BCUT2D eigenvalue weighted by Crippen LogP contribution is -2.28. The number of benzene rings is 2. The number of hydrogen-bond acceptors (Lipinski definition) is 2. The summed E-state index contributed by atoms with van der Waals surface area (Å²) in [6.07, 6.45) is 1.88. The molecule has 4 nitrogen and oxygen atoms in total. The number of fused-ring (bicyclic) bond motifs is 1. The number of carbonyl (C=O) groups excluding carboxylic acids is 1. The van der Waals surface area contributed by atoms with E-state index in [0.717, 1.165) is 16.6 Å². The molecule has 21 heavy (non-hydrogen) atoms. The van der Waals surface area contributed by atoms with Gasteiger partial charge in [0, 0.05) is 30.4 Å². The molecule has 1 amide bonds. The van der Waals surface area contributed by atoms with Crippen molar-refractivity contribution < 1.29 is 4.79 Å². The van der Waals surface area contributed by atoms with Crippen LogP contribution >= 0.6 is 0 Å². The van der Waals surface area contributed by atoms with Crippen molar-refractivity contribution in [3.05, 3.63) is 66.4 Å². The minimum Gasteiger partial charge on any atom is -0.351 e. The first-order valence-electron chi connectivity index (χ1n) is 6.95. The highest BCUT2D eigenvalue weighted by molar-refractivity contribution is 6.07. The molecule has 1 heterocycles. The summed E-state index contributed by atoms with van der Waals surface area (Å²) in [4.78, 5) is 12.3. The van der Waals surface area contributed by atoms with Gasteiger partial charge in [-0.3, -0.25) is 4.79 Å². The molecule has 4 heteroatoms. The van der Waals surface area contributed by atoms with E-state index in [2.05, 4.69) is 5.32 Å².